The van der Waals surface area contributed by atoms with Crippen molar-refractivity contribution in [3.05, 3.63) is 30.0 Å². The molecular formula is C17H23N5O5S. The Bertz CT molecular complexity index is 978. The summed E-state index contributed by atoms with van der Waals surface area (Å²) in [5.74, 6) is -0.523. The highest BCUT2D eigenvalue weighted by molar-refractivity contribution is 7.86. The molecule has 0 fully saturated rings. The molecule has 1 unspecified atom stereocenters. The fourth-order valence-corrected chi connectivity index (χ4v) is 2.54. The molecular weight excluding hydrogens is 386 g/mol. The number of benzene rings is 1. The molecule has 0 aliphatic carbocycles. The zero-order valence-corrected chi connectivity index (χ0v) is 16.7. The summed E-state index contributed by atoms with van der Waals surface area (Å²) in [6.07, 6.45) is 2.17. The molecule has 0 saturated heterocycles. The minimum Gasteiger partial charge on any atom is -0.504 e. The lowest BCUT2D eigenvalue weighted by Crippen LogP contribution is -2.25. The Morgan fingerprint density at radius 3 is 2.50 bits per heavy atom. The summed E-state index contributed by atoms with van der Waals surface area (Å²) in [5.41, 5.74) is 5.91. The van der Waals surface area contributed by atoms with Crippen LogP contribution in [-0.4, -0.2) is 41.7 Å². The largest absolute Gasteiger partial charge is 0.504 e. The van der Waals surface area contributed by atoms with Gasteiger partial charge in [-0.25, -0.2) is 4.98 Å². The van der Waals surface area contributed by atoms with Crippen molar-refractivity contribution >= 4 is 33.5 Å². The molecule has 0 aliphatic rings. The van der Waals surface area contributed by atoms with Gasteiger partial charge < -0.3 is 25.7 Å². The van der Waals surface area contributed by atoms with Crippen molar-refractivity contribution in [2.75, 3.05) is 16.9 Å². The number of aromatic hydroxyl groups is 1. The first-order chi connectivity index (χ1) is 13.0. The predicted molar refractivity (Wildman–Crippen MR) is 105 cm³/mol. The molecule has 0 spiro atoms. The second kappa shape index (κ2) is 8.30. The van der Waals surface area contributed by atoms with E-state index in [9.17, 15) is 18.3 Å². The molecule has 1 amide bonds. The van der Waals surface area contributed by atoms with Gasteiger partial charge in [-0.1, -0.05) is 13.8 Å². The average Bonchev–Trinajstić information content (AvgIpc) is 2.56. The summed E-state index contributed by atoms with van der Waals surface area (Å²) in [6.45, 7) is 5.99. The van der Waals surface area contributed by atoms with E-state index in [1.165, 1.54) is 24.4 Å². The molecule has 5 N–H and O–H groups in total. The van der Waals surface area contributed by atoms with Crippen LogP contribution in [0.4, 0.5) is 17.5 Å². The van der Waals surface area contributed by atoms with Gasteiger partial charge in [0.1, 0.15) is 5.82 Å². The lowest BCUT2D eigenvalue weighted by atomic mass is 10.1. The zero-order chi connectivity index (χ0) is 21.1. The maximum absolute atomic E-state index is 11.6. The quantitative estimate of drug-likeness (QED) is 0.477. The van der Waals surface area contributed by atoms with E-state index < -0.39 is 16.0 Å². The first-order valence-electron chi connectivity index (χ1n) is 8.39. The normalized spacial score (nSPS) is 12.5. The highest BCUT2D eigenvalue weighted by atomic mass is 32.2. The van der Waals surface area contributed by atoms with Crippen LogP contribution in [0.3, 0.4) is 0 Å². The molecule has 2 rings (SSSR count). The standard InChI is InChI=1S/C17H23N5O5S/c1-9(2)10(3)20-16-12(15(18)24)8-19-17(22-16)21-11-5-6-14(13(23)7-11)27-28(4,25)26/h5-10,23H,1-4H3,(H2,18,24)(H2,19,20,21,22). The Morgan fingerprint density at radius 2 is 1.96 bits per heavy atom. The van der Waals surface area contributed by atoms with E-state index in [2.05, 4.69) is 24.8 Å². The monoisotopic (exact) mass is 409 g/mol. The van der Waals surface area contributed by atoms with Gasteiger partial charge in [-0.2, -0.15) is 13.4 Å². The lowest BCUT2D eigenvalue weighted by Gasteiger charge is -2.20. The van der Waals surface area contributed by atoms with Gasteiger partial charge in [-0.3, -0.25) is 4.79 Å². The third-order valence-electron chi connectivity index (χ3n) is 3.87. The molecule has 0 bridgehead atoms. The van der Waals surface area contributed by atoms with Crippen LogP contribution in [0.15, 0.2) is 24.4 Å². The summed E-state index contributed by atoms with van der Waals surface area (Å²) in [4.78, 5) is 20.0. The fraction of sp³-hybridized carbons (Fsp3) is 0.353. The molecule has 1 aromatic carbocycles. The molecule has 1 atom stereocenters. The Morgan fingerprint density at radius 1 is 1.29 bits per heavy atom. The van der Waals surface area contributed by atoms with E-state index in [0.29, 0.717) is 5.69 Å². The van der Waals surface area contributed by atoms with Crippen molar-refractivity contribution in [2.24, 2.45) is 11.7 Å². The number of phenolic OH excluding ortho intramolecular Hbond substituents is 1. The van der Waals surface area contributed by atoms with E-state index in [-0.39, 0.29) is 40.8 Å². The van der Waals surface area contributed by atoms with E-state index in [1.54, 1.807) is 0 Å². The second-order valence-electron chi connectivity index (χ2n) is 6.59. The van der Waals surface area contributed by atoms with Crippen molar-refractivity contribution < 1.29 is 22.5 Å². The Hall–Kier alpha value is -3.08. The molecule has 152 valence electrons. The van der Waals surface area contributed by atoms with Crippen LogP contribution in [0.5, 0.6) is 11.5 Å². The van der Waals surface area contributed by atoms with Crippen LogP contribution in [0.1, 0.15) is 31.1 Å². The number of nitrogens with one attached hydrogen (secondary N) is 2. The molecule has 0 aliphatic heterocycles. The predicted octanol–water partition coefficient (Wildman–Crippen LogP) is 1.82. The Labute approximate surface area is 163 Å². The number of primary amides is 1. The third-order valence-corrected chi connectivity index (χ3v) is 4.36. The van der Waals surface area contributed by atoms with Crippen LogP contribution >= 0.6 is 0 Å². The van der Waals surface area contributed by atoms with E-state index >= 15 is 0 Å². The molecule has 0 saturated carbocycles. The van der Waals surface area contributed by atoms with Crippen molar-refractivity contribution in [2.45, 2.75) is 26.8 Å². The number of hydrogen-bond donors (Lipinski definition) is 4. The van der Waals surface area contributed by atoms with Crippen LogP contribution in [0, 0.1) is 5.92 Å². The van der Waals surface area contributed by atoms with Crippen molar-refractivity contribution in [3.8, 4) is 11.5 Å². The van der Waals surface area contributed by atoms with E-state index in [0.717, 1.165) is 6.26 Å². The third kappa shape index (κ3) is 5.71. The number of amides is 1. The minimum atomic E-state index is -3.77. The van der Waals surface area contributed by atoms with Gasteiger partial charge in [0.2, 0.25) is 5.95 Å². The van der Waals surface area contributed by atoms with Gasteiger partial charge in [0, 0.05) is 24.0 Å². The SMILES string of the molecule is CC(C)C(C)Nc1nc(Nc2ccc(OS(C)(=O)=O)c(O)c2)ncc1C(N)=O. The van der Waals surface area contributed by atoms with Gasteiger partial charge >= 0.3 is 10.1 Å². The van der Waals surface area contributed by atoms with Gasteiger partial charge in [-0.15, -0.1) is 0 Å². The first-order valence-corrected chi connectivity index (χ1v) is 10.2. The molecule has 28 heavy (non-hydrogen) atoms. The number of rotatable bonds is 8. The highest BCUT2D eigenvalue weighted by Gasteiger charge is 2.16. The molecule has 11 heteroatoms. The minimum absolute atomic E-state index is 0.0253. The van der Waals surface area contributed by atoms with Crippen LogP contribution in [-0.2, 0) is 10.1 Å². The van der Waals surface area contributed by atoms with Gasteiger partial charge in [0.15, 0.2) is 11.5 Å². The fourth-order valence-electron chi connectivity index (χ4n) is 2.07. The first kappa shape index (κ1) is 21.2. The highest BCUT2D eigenvalue weighted by Crippen LogP contribution is 2.31. The number of anilines is 3. The number of aromatic nitrogens is 2. The second-order valence-corrected chi connectivity index (χ2v) is 8.17. The van der Waals surface area contributed by atoms with Gasteiger partial charge in [0.25, 0.3) is 5.91 Å². The van der Waals surface area contributed by atoms with Crippen LogP contribution in [0.25, 0.3) is 0 Å². The Balaban J connectivity index is 2.28. The number of phenols is 1. The summed E-state index contributed by atoms with van der Waals surface area (Å²) in [7, 11) is -3.77. The van der Waals surface area contributed by atoms with Crippen LogP contribution in [0.2, 0.25) is 0 Å². The number of carbonyl (C=O) groups is 1. The lowest BCUT2D eigenvalue weighted by molar-refractivity contribution is 0.100. The van der Waals surface area contributed by atoms with Gasteiger partial charge in [0.05, 0.1) is 11.8 Å². The zero-order valence-electron chi connectivity index (χ0n) is 15.9. The summed E-state index contributed by atoms with van der Waals surface area (Å²) < 4.78 is 27.0. The van der Waals surface area contributed by atoms with Gasteiger partial charge in [-0.05, 0) is 25.0 Å². The van der Waals surface area contributed by atoms with Crippen molar-refractivity contribution in [1.29, 1.82) is 0 Å². The number of nitrogens with two attached hydrogens (primary N) is 1. The summed E-state index contributed by atoms with van der Waals surface area (Å²) >= 11 is 0. The maximum Gasteiger partial charge on any atom is 0.306 e. The summed E-state index contributed by atoms with van der Waals surface area (Å²) in [5, 5.41) is 15.9. The van der Waals surface area contributed by atoms with E-state index in [1.807, 2.05) is 20.8 Å². The van der Waals surface area contributed by atoms with Crippen LogP contribution < -0.4 is 20.6 Å². The number of hydrogen-bond acceptors (Lipinski definition) is 9. The van der Waals surface area contributed by atoms with Crippen molar-refractivity contribution in [1.82, 2.24) is 9.97 Å². The molecule has 0 radical (unpaired) electrons. The molecule has 1 aromatic heterocycles. The molecule has 2 aromatic rings. The van der Waals surface area contributed by atoms with Crippen molar-refractivity contribution in [3.63, 3.8) is 0 Å². The molecule has 10 nitrogen and oxygen atoms in total. The smallest absolute Gasteiger partial charge is 0.306 e. The molecule has 1 heterocycles. The number of carbonyl (C=O) groups excluding carboxylic acids is 1. The average molecular weight is 409 g/mol. The summed E-state index contributed by atoms with van der Waals surface area (Å²) in [6, 6.07) is 4.05. The number of nitrogens with zero attached hydrogens (tertiary/aromatic N) is 2. The van der Waals surface area contributed by atoms with E-state index in [4.69, 9.17) is 5.73 Å². The maximum atomic E-state index is 11.6. The topological polar surface area (TPSA) is 157 Å². The Kier molecular flexibility index (Phi) is 6.29.